The summed E-state index contributed by atoms with van der Waals surface area (Å²) in [6.45, 7) is 3.64. The standard InChI is InChI=1S/C39H27N3OSi/c1-44(2)32-23-30(39-41-37(25-14-5-3-6-15-25)40-38(42-39)26-16-7-4-8-17-26)33-28-19-11-12-20-31(28)43-35(33)34(32)29-22-21-24-13-9-10-18-27(24)36(29)44/h3-23H,1-2H3/i3D,4D,5D,6D,7D,8D,9D,10D,11D,12D,13D,14D,15D,16D,17D,18D,19D,20D,21D,22D. The molecule has 9 rings (SSSR count). The van der Waals surface area contributed by atoms with Crippen molar-refractivity contribution < 1.29 is 31.8 Å². The molecule has 0 atom stereocenters. The number of hydrogen-bond donors (Lipinski definition) is 0. The first-order chi connectivity index (χ1) is 29.9. The predicted octanol–water partition coefficient (Wildman–Crippen LogP) is 8.73. The number of rotatable bonds is 3. The van der Waals surface area contributed by atoms with E-state index in [0.29, 0.717) is 10.4 Å². The monoisotopic (exact) mass is 601 g/mol. The molecule has 1 aliphatic heterocycles. The molecule has 44 heavy (non-hydrogen) atoms. The summed E-state index contributed by atoms with van der Waals surface area (Å²) < 4.78 is 180. The van der Waals surface area contributed by atoms with Crippen molar-refractivity contribution in [3.63, 3.8) is 0 Å². The summed E-state index contributed by atoms with van der Waals surface area (Å²) in [7, 11) is -3.42. The van der Waals surface area contributed by atoms with E-state index in [9.17, 15) is 1.37 Å². The van der Waals surface area contributed by atoms with Crippen molar-refractivity contribution in [2.75, 3.05) is 0 Å². The fourth-order valence-corrected chi connectivity index (χ4v) is 9.14. The Morgan fingerprint density at radius 2 is 1.18 bits per heavy atom. The lowest BCUT2D eigenvalue weighted by Gasteiger charge is -2.21. The predicted molar refractivity (Wildman–Crippen MR) is 183 cm³/mol. The molecule has 0 saturated heterocycles. The molecule has 0 spiro atoms. The van der Waals surface area contributed by atoms with Crippen molar-refractivity contribution in [2.24, 2.45) is 0 Å². The van der Waals surface area contributed by atoms with Gasteiger partial charge in [-0.05, 0) is 38.8 Å². The van der Waals surface area contributed by atoms with E-state index in [0.717, 1.165) is 0 Å². The average molecular weight is 602 g/mol. The highest BCUT2D eigenvalue weighted by Gasteiger charge is 2.42. The molecular formula is C39H27N3OSi. The first kappa shape index (κ1) is 12.3. The third-order valence-electron chi connectivity index (χ3n) is 7.76. The van der Waals surface area contributed by atoms with Gasteiger partial charge in [0.15, 0.2) is 17.5 Å². The Kier molecular flexibility index (Phi) is 2.60. The summed E-state index contributed by atoms with van der Waals surface area (Å²) in [5.41, 5.74) is -1.45. The molecule has 0 unspecified atom stereocenters. The summed E-state index contributed by atoms with van der Waals surface area (Å²) in [6.07, 6.45) is 0. The van der Waals surface area contributed by atoms with Crippen LogP contribution in [0.5, 0.6) is 0 Å². The normalized spacial score (nSPS) is 19.8. The van der Waals surface area contributed by atoms with Gasteiger partial charge in [-0.25, -0.2) is 15.0 Å². The summed E-state index contributed by atoms with van der Waals surface area (Å²) in [5.74, 6) is -1.62. The number of fused-ring (bicyclic) bond motifs is 9. The molecule has 1 aliphatic rings. The number of benzene rings is 6. The van der Waals surface area contributed by atoms with Crippen LogP contribution >= 0.6 is 0 Å². The van der Waals surface area contributed by atoms with Crippen molar-refractivity contribution in [3.8, 4) is 45.3 Å². The maximum Gasteiger partial charge on any atom is 0.164 e. The Morgan fingerprint density at radius 3 is 1.89 bits per heavy atom. The zero-order valence-electron chi connectivity index (χ0n) is 42.8. The highest BCUT2D eigenvalue weighted by atomic mass is 28.3. The summed E-state index contributed by atoms with van der Waals surface area (Å²) in [4.78, 5) is 13.6. The molecule has 2 aromatic heterocycles. The van der Waals surface area contributed by atoms with Crippen LogP contribution in [0.25, 0.3) is 78.0 Å². The van der Waals surface area contributed by atoms with Crippen LogP contribution < -0.4 is 10.4 Å². The molecule has 4 nitrogen and oxygen atoms in total. The lowest BCUT2D eigenvalue weighted by Crippen LogP contribution is -2.49. The van der Waals surface area contributed by atoms with Crippen LogP contribution in [0.3, 0.4) is 0 Å². The van der Waals surface area contributed by atoms with Crippen molar-refractivity contribution in [1.29, 1.82) is 0 Å². The molecule has 5 heteroatoms. The number of para-hydroxylation sites is 1. The van der Waals surface area contributed by atoms with Crippen LogP contribution in [0.4, 0.5) is 0 Å². The SMILES string of the molecule is [2H]c1c([2H])c([2H])c(-c2nc(-c3c([2H])c([2H])c([2H])c([2H])c3[2H])nc(-c3cc4c(c5oc6c([2H])c([2H])c([2H])c([2H])c6c35)-c3c([2H])c([2H])c5c([2H])c([2H])c([2H])c([2H])c5c3[Si]4(C)C)n2)c([2H])c1[2H]. The van der Waals surface area contributed by atoms with E-state index in [1.54, 1.807) is 0 Å². The molecule has 6 aromatic carbocycles. The quantitative estimate of drug-likeness (QED) is 0.190. The molecule has 0 N–H and O–H groups in total. The second kappa shape index (κ2) is 9.30. The van der Waals surface area contributed by atoms with Gasteiger partial charge < -0.3 is 4.42 Å². The van der Waals surface area contributed by atoms with Gasteiger partial charge in [-0.1, -0.05) is 128 Å². The van der Waals surface area contributed by atoms with E-state index in [-0.39, 0.29) is 49.4 Å². The van der Waals surface area contributed by atoms with E-state index >= 15 is 0 Å². The number of aromatic nitrogens is 3. The van der Waals surface area contributed by atoms with Gasteiger partial charge in [-0.15, -0.1) is 0 Å². The third kappa shape index (κ3) is 3.60. The van der Waals surface area contributed by atoms with Crippen molar-refractivity contribution in [2.45, 2.75) is 13.1 Å². The van der Waals surface area contributed by atoms with Gasteiger partial charge in [0.2, 0.25) is 0 Å². The summed E-state index contributed by atoms with van der Waals surface area (Å²) >= 11 is 0. The zero-order valence-corrected chi connectivity index (χ0v) is 23.8. The van der Waals surface area contributed by atoms with Crippen LogP contribution in [0.15, 0.2) is 131 Å². The lowest BCUT2D eigenvalue weighted by molar-refractivity contribution is 0.670. The molecule has 8 aromatic rings. The Labute approximate surface area is 283 Å². The minimum Gasteiger partial charge on any atom is -0.455 e. The minimum atomic E-state index is -3.42. The summed E-state index contributed by atoms with van der Waals surface area (Å²) in [6, 6.07) is -11.7. The van der Waals surface area contributed by atoms with Gasteiger partial charge in [-0.3, -0.25) is 0 Å². The molecule has 0 aliphatic carbocycles. The molecule has 208 valence electrons. The van der Waals surface area contributed by atoms with Crippen LogP contribution in [0.2, 0.25) is 13.1 Å². The first-order valence-corrected chi connectivity index (χ1v) is 16.3. The van der Waals surface area contributed by atoms with E-state index in [4.69, 9.17) is 30.5 Å². The van der Waals surface area contributed by atoms with E-state index in [1.807, 2.05) is 13.1 Å². The fraction of sp³-hybridized carbons (Fsp3) is 0.0513. The van der Waals surface area contributed by atoms with Crippen molar-refractivity contribution >= 4 is 51.2 Å². The van der Waals surface area contributed by atoms with Crippen LogP contribution in [-0.2, 0) is 0 Å². The van der Waals surface area contributed by atoms with Gasteiger partial charge in [0, 0.05) is 33.0 Å². The van der Waals surface area contributed by atoms with Crippen LogP contribution in [-0.4, -0.2) is 23.0 Å². The number of nitrogens with zero attached hydrogens (tertiary/aromatic N) is 3. The average Bonchev–Trinajstić information content (AvgIpc) is 3.77. The van der Waals surface area contributed by atoms with E-state index in [1.165, 1.54) is 6.07 Å². The largest absolute Gasteiger partial charge is 0.455 e. The van der Waals surface area contributed by atoms with Gasteiger partial charge in [0.1, 0.15) is 19.2 Å². The highest BCUT2D eigenvalue weighted by Crippen LogP contribution is 2.44. The molecule has 0 bridgehead atoms. The lowest BCUT2D eigenvalue weighted by atomic mass is 9.96. The minimum absolute atomic E-state index is 0.00274. The Balaban J connectivity index is 1.53. The molecule has 3 heterocycles. The summed E-state index contributed by atoms with van der Waals surface area (Å²) in [5, 5.41) is 0.246. The molecular weight excluding hydrogens is 555 g/mol. The van der Waals surface area contributed by atoms with Gasteiger partial charge in [-0.2, -0.15) is 0 Å². The van der Waals surface area contributed by atoms with E-state index < -0.39 is 158 Å². The Morgan fingerprint density at radius 1 is 0.591 bits per heavy atom. The van der Waals surface area contributed by atoms with Crippen LogP contribution in [0, 0.1) is 0 Å². The maximum absolute atomic E-state index is 9.38. The van der Waals surface area contributed by atoms with Crippen LogP contribution in [0.1, 0.15) is 27.4 Å². The topological polar surface area (TPSA) is 51.8 Å². The number of furan rings is 1. The molecule has 0 fully saturated rings. The van der Waals surface area contributed by atoms with Gasteiger partial charge in [0.05, 0.1) is 27.4 Å². The Hall–Kier alpha value is -5.39. The second-order valence-corrected chi connectivity index (χ2v) is 14.8. The Bertz CT molecular complexity index is 3410. The van der Waals surface area contributed by atoms with E-state index in [2.05, 4.69) is 15.0 Å². The zero-order chi connectivity index (χ0) is 46.8. The number of hydrogen-bond acceptors (Lipinski definition) is 4. The smallest absolute Gasteiger partial charge is 0.164 e. The van der Waals surface area contributed by atoms with Crippen molar-refractivity contribution in [1.82, 2.24) is 15.0 Å². The molecule has 0 radical (unpaired) electrons. The molecule has 0 saturated carbocycles. The molecule has 0 amide bonds. The first-order valence-electron chi connectivity index (χ1n) is 23.3. The highest BCUT2D eigenvalue weighted by molar-refractivity contribution is 7.05. The van der Waals surface area contributed by atoms with Crippen molar-refractivity contribution in [3.05, 3.63) is 127 Å². The fourth-order valence-electron chi connectivity index (χ4n) is 5.88. The second-order valence-electron chi connectivity index (χ2n) is 10.5. The van der Waals surface area contributed by atoms with Gasteiger partial charge in [0.25, 0.3) is 0 Å². The van der Waals surface area contributed by atoms with Gasteiger partial charge >= 0.3 is 0 Å². The maximum atomic E-state index is 9.38. The third-order valence-corrected chi connectivity index (χ3v) is 11.3.